The maximum absolute atomic E-state index is 14.3. The van der Waals surface area contributed by atoms with Crippen molar-refractivity contribution in [3.8, 4) is 5.75 Å². The maximum atomic E-state index is 14.3. The number of rotatable bonds is 3. The van der Waals surface area contributed by atoms with Crippen molar-refractivity contribution in [2.24, 2.45) is 0 Å². The van der Waals surface area contributed by atoms with Gasteiger partial charge in [0.15, 0.2) is 0 Å². The van der Waals surface area contributed by atoms with Crippen LogP contribution in [0.25, 0.3) is 21.7 Å². The minimum absolute atomic E-state index is 0.0892. The number of aromatic hydroxyl groups is 1. The molecule has 0 spiro atoms. The van der Waals surface area contributed by atoms with Crippen LogP contribution in [0, 0.1) is 12.7 Å². The quantitative estimate of drug-likeness (QED) is 0.533. The molecule has 0 unspecified atom stereocenters. The normalized spacial score (nSPS) is 11.2. The highest BCUT2D eigenvalue weighted by Gasteiger charge is 2.23. The number of hydrogen-bond donors (Lipinski definition) is 1. The van der Waals surface area contributed by atoms with Gasteiger partial charge in [-0.2, -0.15) is 0 Å². The topological polar surface area (TPSA) is 51.5 Å². The number of halogens is 1. The predicted molar refractivity (Wildman–Crippen MR) is 103 cm³/mol. The second-order valence-corrected chi connectivity index (χ2v) is 6.47. The zero-order chi connectivity index (χ0) is 19.1. The first-order chi connectivity index (χ1) is 13.0. The first kappa shape index (κ1) is 17.1. The molecule has 0 saturated heterocycles. The van der Waals surface area contributed by atoms with Gasteiger partial charge in [-0.25, -0.2) is 9.18 Å². The molecule has 136 valence electrons. The Morgan fingerprint density at radius 3 is 2.44 bits per heavy atom. The van der Waals surface area contributed by atoms with Crippen LogP contribution >= 0.6 is 0 Å². The van der Waals surface area contributed by atoms with Gasteiger partial charge in [0.05, 0.1) is 24.7 Å². The van der Waals surface area contributed by atoms with E-state index in [0.717, 1.165) is 10.9 Å². The van der Waals surface area contributed by atoms with Crippen LogP contribution in [0.1, 0.15) is 21.6 Å². The third kappa shape index (κ3) is 2.63. The fraction of sp³-hybridized carbons (Fsp3) is 0.136. The number of aromatic nitrogens is 1. The number of ether oxygens (including phenoxy) is 1. The molecule has 1 aromatic heterocycles. The molecule has 0 atom stereocenters. The lowest BCUT2D eigenvalue weighted by molar-refractivity contribution is 0.0602. The van der Waals surface area contributed by atoms with Gasteiger partial charge in [0.25, 0.3) is 0 Å². The number of carbonyl (C=O) groups excluding carboxylic acids is 1. The molecule has 0 aliphatic heterocycles. The lowest BCUT2D eigenvalue weighted by Gasteiger charge is -2.12. The minimum atomic E-state index is -0.487. The molecular formula is C22H18FNO3. The van der Waals surface area contributed by atoms with Crippen LogP contribution in [0.2, 0.25) is 0 Å². The minimum Gasteiger partial charge on any atom is -0.507 e. The van der Waals surface area contributed by atoms with E-state index >= 15 is 0 Å². The number of carbonyl (C=O) groups is 1. The standard InChI is InChI=1S/C22H18FNO3/c1-13-20(22(26)27-2)17-11-19(25)15-8-4-5-9-16(15)21(17)24(13)12-14-7-3-6-10-18(14)23/h3-11,25H,12H2,1-2H3. The molecule has 0 aliphatic carbocycles. The third-order valence-electron chi connectivity index (χ3n) is 4.98. The molecule has 5 heteroatoms. The molecule has 0 aliphatic rings. The van der Waals surface area contributed by atoms with Crippen LogP contribution < -0.4 is 0 Å². The van der Waals surface area contributed by atoms with Crippen molar-refractivity contribution in [2.75, 3.05) is 7.11 Å². The average Bonchev–Trinajstić information content (AvgIpc) is 2.95. The van der Waals surface area contributed by atoms with Crippen LogP contribution in [0.15, 0.2) is 54.6 Å². The van der Waals surface area contributed by atoms with E-state index in [1.54, 1.807) is 31.2 Å². The van der Waals surface area contributed by atoms with Gasteiger partial charge in [-0.15, -0.1) is 0 Å². The zero-order valence-electron chi connectivity index (χ0n) is 15.0. The van der Waals surface area contributed by atoms with E-state index < -0.39 is 5.97 Å². The number of fused-ring (bicyclic) bond motifs is 3. The molecule has 1 N–H and O–H groups in total. The molecule has 0 radical (unpaired) electrons. The average molecular weight is 363 g/mol. The monoisotopic (exact) mass is 363 g/mol. The largest absolute Gasteiger partial charge is 0.507 e. The van der Waals surface area contributed by atoms with Gasteiger partial charge < -0.3 is 14.4 Å². The molecule has 4 nitrogen and oxygen atoms in total. The summed E-state index contributed by atoms with van der Waals surface area (Å²) >= 11 is 0. The van der Waals surface area contributed by atoms with Crippen molar-refractivity contribution in [1.29, 1.82) is 0 Å². The summed E-state index contributed by atoms with van der Waals surface area (Å²) in [5, 5.41) is 12.5. The predicted octanol–water partition coefficient (Wildman–Crippen LogP) is 4.78. The van der Waals surface area contributed by atoms with E-state index in [2.05, 4.69) is 0 Å². The van der Waals surface area contributed by atoms with Crippen molar-refractivity contribution in [1.82, 2.24) is 4.57 Å². The number of methoxy groups -OCH3 is 1. The van der Waals surface area contributed by atoms with Crippen LogP contribution in [-0.2, 0) is 11.3 Å². The zero-order valence-corrected chi connectivity index (χ0v) is 15.0. The van der Waals surface area contributed by atoms with Crippen molar-refractivity contribution >= 4 is 27.6 Å². The van der Waals surface area contributed by atoms with Crippen LogP contribution in [0.5, 0.6) is 5.75 Å². The molecule has 4 aromatic rings. The molecule has 0 bridgehead atoms. The lowest BCUT2D eigenvalue weighted by Crippen LogP contribution is -2.07. The number of esters is 1. The number of phenols is 1. The Morgan fingerprint density at radius 2 is 1.74 bits per heavy atom. The first-order valence-electron chi connectivity index (χ1n) is 8.58. The van der Waals surface area contributed by atoms with E-state index in [9.17, 15) is 14.3 Å². The van der Waals surface area contributed by atoms with Gasteiger partial charge in [-0.05, 0) is 19.1 Å². The molecule has 0 fully saturated rings. The molecule has 0 saturated carbocycles. The summed E-state index contributed by atoms with van der Waals surface area (Å²) in [6, 6.07) is 15.6. The molecule has 3 aromatic carbocycles. The van der Waals surface area contributed by atoms with Crippen LogP contribution in [-0.4, -0.2) is 22.8 Å². The van der Waals surface area contributed by atoms with Crippen molar-refractivity contribution < 1.29 is 19.0 Å². The number of nitrogens with zero attached hydrogens (tertiary/aromatic N) is 1. The van der Waals surface area contributed by atoms with Crippen LogP contribution in [0.4, 0.5) is 4.39 Å². The molecular weight excluding hydrogens is 345 g/mol. The summed E-state index contributed by atoms with van der Waals surface area (Å²) in [6.45, 7) is 2.07. The smallest absolute Gasteiger partial charge is 0.340 e. The number of benzene rings is 3. The van der Waals surface area contributed by atoms with E-state index in [1.807, 2.05) is 28.8 Å². The fourth-order valence-electron chi connectivity index (χ4n) is 3.67. The highest BCUT2D eigenvalue weighted by Crippen LogP contribution is 2.38. The highest BCUT2D eigenvalue weighted by atomic mass is 19.1. The molecule has 1 heterocycles. The van der Waals surface area contributed by atoms with Gasteiger partial charge in [-0.3, -0.25) is 0 Å². The third-order valence-corrected chi connectivity index (χ3v) is 4.98. The van der Waals surface area contributed by atoms with E-state index in [1.165, 1.54) is 13.2 Å². The molecule has 0 amide bonds. The van der Waals surface area contributed by atoms with Crippen molar-refractivity contribution in [3.63, 3.8) is 0 Å². The summed E-state index contributed by atoms with van der Waals surface area (Å²) in [7, 11) is 1.32. The highest BCUT2D eigenvalue weighted by molar-refractivity contribution is 6.16. The summed E-state index contributed by atoms with van der Waals surface area (Å²) in [5.74, 6) is -0.702. The summed E-state index contributed by atoms with van der Waals surface area (Å²) in [6.07, 6.45) is 0. The van der Waals surface area contributed by atoms with Crippen LogP contribution in [0.3, 0.4) is 0 Å². The van der Waals surface area contributed by atoms with E-state index in [0.29, 0.717) is 27.6 Å². The van der Waals surface area contributed by atoms with Crippen molar-refractivity contribution in [2.45, 2.75) is 13.5 Å². The van der Waals surface area contributed by atoms with Gasteiger partial charge in [0, 0.05) is 27.4 Å². The molecule has 27 heavy (non-hydrogen) atoms. The van der Waals surface area contributed by atoms with Gasteiger partial charge in [0.2, 0.25) is 0 Å². The summed E-state index contributed by atoms with van der Waals surface area (Å²) < 4.78 is 21.1. The van der Waals surface area contributed by atoms with Crippen molar-refractivity contribution in [3.05, 3.63) is 77.2 Å². The Morgan fingerprint density at radius 1 is 1.07 bits per heavy atom. The Bertz CT molecular complexity index is 1190. The van der Waals surface area contributed by atoms with Gasteiger partial charge in [0.1, 0.15) is 11.6 Å². The molecule has 4 rings (SSSR count). The maximum Gasteiger partial charge on any atom is 0.340 e. The second-order valence-electron chi connectivity index (χ2n) is 6.47. The first-order valence-corrected chi connectivity index (χ1v) is 8.58. The number of phenolic OH excluding ortho intramolecular Hbond substituents is 1. The SMILES string of the molecule is COC(=O)c1c(C)n(Cc2ccccc2F)c2c1cc(O)c1ccccc12. The number of hydrogen-bond acceptors (Lipinski definition) is 3. The van der Waals surface area contributed by atoms with E-state index in [-0.39, 0.29) is 18.1 Å². The Hall–Kier alpha value is -3.34. The summed E-state index contributed by atoms with van der Waals surface area (Å²) in [4.78, 5) is 12.4. The Balaban J connectivity index is 2.11. The Labute approximate surface area is 155 Å². The fourth-order valence-corrected chi connectivity index (χ4v) is 3.67. The van der Waals surface area contributed by atoms with Gasteiger partial charge >= 0.3 is 5.97 Å². The summed E-state index contributed by atoms with van der Waals surface area (Å²) in [5.41, 5.74) is 2.33. The lowest BCUT2D eigenvalue weighted by atomic mass is 10.0. The van der Waals surface area contributed by atoms with Gasteiger partial charge in [-0.1, -0.05) is 42.5 Å². The van der Waals surface area contributed by atoms with E-state index in [4.69, 9.17) is 4.74 Å². The second kappa shape index (κ2) is 6.43. The Kier molecular flexibility index (Phi) is 4.07.